The van der Waals surface area contributed by atoms with Crippen molar-refractivity contribution >= 4 is 0 Å². The molecule has 0 unspecified atom stereocenters. The predicted octanol–water partition coefficient (Wildman–Crippen LogP) is 0.906. The molecular weight excluding hydrogens is 128 g/mol. The van der Waals surface area contributed by atoms with Crippen molar-refractivity contribution in [3.8, 4) is 5.75 Å². The summed E-state index contributed by atoms with van der Waals surface area (Å²) in [7, 11) is 0. The molecule has 1 atom stereocenters. The van der Waals surface area contributed by atoms with Crippen LogP contribution in [0.2, 0.25) is 0 Å². The molecule has 0 aromatic carbocycles. The summed E-state index contributed by atoms with van der Waals surface area (Å²) in [6.07, 6.45) is 3.19. The Bertz CT molecular complexity index is 229. The summed E-state index contributed by atoms with van der Waals surface area (Å²) >= 11 is 0. The summed E-state index contributed by atoms with van der Waals surface area (Å²) in [6.45, 7) is 3.50. The fraction of sp³-hybridized carbons (Fsp3) is 0.143. The van der Waals surface area contributed by atoms with E-state index in [-0.39, 0.29) is 11.8 Å². The van der Waals surface area contributed by atoms with Crippen molar-refractivity contribution in [2.45, 2.75) is 6.04 Å². The molecule has 0 spiro atoms. The van der Waals surface area contributed by atoms with Gasteiger partial charge in [0.1, 0.15) is 5.75 Å². The lowest BCUT2D eigenvalue weighted by Gasteiger charge is -2.02. The van der Waals surface area contributed by atoms with Crippen molar-refractivity contribution < 1.29 is 5.11 Å². The van der Waals surface area contributed by atoms with Crippen LogP contribution in [0.1, 0.15) is 11.7 Å². The number of hydrogen-bond donors (Lipinski definition) is 3. The fourth-order valence-electron chi connectivity index (χ4n) is 0.759. The molecule has 0 aliphatic rings. The first kappa shape index (κ1) is 6.89. The number of aromatic nitrogens is 1. The standard InChI is InChI=1S/C7H10N2O/c1-2-5(8)7-6(10)3-4-9-7/h2-5,9-10H,1,8H2/t5-/m0/s1. The van der Waals surface area contributed by atoms with E-state index in [2.05, 4.69) is 11.6 Å². The molecule has 1 heterocycles. The highest BCUT2D eigenvalue weighted by Crippen LogP contribution is 2.20. The van der Waals surface area contributed by atoms with E-state index in [0.717, 1.165) is 0 Å². The predicted molar refractivity (Wildman–Crippen MR) is 39.6 cm³/mol. The molecule has 3 nitrogen and oxygen atoms in total. The molecule has 0 radical (unpaired) electrons. The van der Waals surface area contributed by atoms with Crippen LogP contribution in [-0.4, -0.2) is 10.1 Å². The lowest BCUT2D eigenvalue weighted by Crippen LogP contribution is -2.06. The Kier molecular flexibility index (Phi) is 1.78. The zero-order valence-electron chi connectivity index (χ0n) is 5.54. The normalized spacial score (nSPS) is 12.9. The molecule has 0 saturated heterocycles. The number of nitrogens with one attached hydrogen (secondary N) is 1. The number of rotatable bonds is 2. The van der Waals surface area contributed by atoms with Gasteiger partial charge in [0.15, 0.2) is 0 Å². The average Bonchev–Trinajstić information content (AvgIpc) is 2.34. The third kappa shape index (κ3) is 1.04. The quantitative estimate of drug-likeness (QED) is 0.532. The zero-order valence-corrected chi connectivity index (χ0v) is 5.54. The second-order valence-corrected chi connectivity index (χ2v) is 2.04. The number of hydrogen-bond acceptors (Lipinski definition) is 2. The Balaban J connectivity index is 2.92. The van der Waals surface area contributed by atoms with Crippen LogP contribution < -0.4 is 5.73 Å². The zero-order chi connectivity index (χ0) is 7.56. The van der Waals surface area contributed by atoms with Gasteiger partial charge in [0.2, 0.25) is 0 Å². The smallest absolute Gasteiger partial charge is 0.138 e. The highest BCUT2D eigenvalue weighted by Gasteiger charge is 2.06. The molecule has 0 amide bonds. The highest BCUT2D eigenvalue weighted by atomic mass is 16.3. The minimum atomic E-state index is -0.310. The van der Waals surface area contributed by atoms with Gasteiger partial charge in [-0.15, -0.1) is 6.58 Å². The second-order valence-electron chi connectivity index (χ2n) is 2.04. The van der Waals surface area contributed by atoms with E-state index in [4.69, 9.17) is 10.8 Å². The first-order valence-electron chi connectivity index (χ1n) is 3.00. The molecule has 0 fully saturated rings. The fourth-order valence-corrected chi connectivity index (χ4v) is 0.759. The van der Waals surface area contributed by atoms with E-state index >= 15 is 0 Å². The Hall–Kier alpha value is -1.22. The van der Waals surface area contributed by atoms with Gasteiger partial charge in [-0.25, -0.2) is 0 Å². The summed E-state index contributed by atoms with van der Waals surface area (Å²) < 4.78 is 0. The molecule has 0 aliphatic heterocycles. The number of H-pyrrole nitrogens is 1. The van der Waals surface area contributed by atoms with Crippen LogP contribution in [0.3, 0.4) is 0 Å². The number of aromatic hydroxyl groups is 1. The van der Waals surface area contributed by atoms with E-state index in [0.29, 0.717) is 5.69 Å². The minimum absolute atomic E-state index is 0.187. The largest absolute Gasteiger partial charge is 0.506 e. The third-order valence-corrected chi connectivity index (χ3v) is 1.34. The van der Waals surface area contributed by atoms with E-state index < -0.39 is 0 Å². The van der Waals surface area contributed by atoms with Crippen molar-refractivity contribution in [3.05, 3.63) is 30.6 Å². The van der Waals surface area contributed by atoms with Crippen LogP contribution in [0.5, 0.6) is 5.75 Å². The maximum absolute atomic E-state index is 9.09. The molecular formula is C7H10N2O. The Morgan fingerprint density at radius 1 is 1.80 bits per heavy atom. The Morgan fingerprint density at radius 3 is 2.90 bits per heavy atom. The van der Waals surface area contributed by atoms with Crippen molar-refractivity contribution in [1.29, 1.82) is 0 Å². The monoisotopic (exact) mass is 138 g/mol. The average molecular weight is 138 g/mol. The van der Waals surface area contributed by atoms with Crippen molar-refractivity contribution in [2.75, 3.05) is 0 Å². The van der Waals surface area contributed by atoms with Crippen LogP contribution in [0.4, 0.5) is 0 Å². The van der Waals surface area contributed by atoms with Crippen LogP contribution in [0.15, 0.2) is 24.9 Å². The second kappa shape index (κ2) is 2.58. The van der Waals surface area contributed by atoms with Gasteiger partial charge in [-0.05, 0) is 6.07 Å². The molecule has 4 N–H and O–H groups in total. The van der Waals surface area contributed by atoms with E-state index in [9.17, 15) is 0 Å². The van der Waals surface area contributed by atoms with Gasteiger partial charge in [-0.1, -0.05) is 6.08 Å². The molecule has 1 aromatic rings. The van der Waals surface area contributed by atoms with Gasteiger partial charge in [0.25, 0.3) is 0 Å². The molecule has 0 aliphatic carbocycles. The Labute approximate surface area is 59.2 Å². The van der Waals surface area contributed by atoms with Crippen molar-refractivity contribution in [2.24, 2.45) is 5.73 Å². The van der Waals surface area contributed by atoms with Gasteiger partial charge >= 0.3 is 0 Å². The SMILES string of the molecule is C=C[C@H](N)c1[nH]ccc1O. The summed E-state index contributed by atoms with van der Waals surface area (Å²) in [5.41, 5.74) is 6.14. The van der Waals surface area contributed by atoms with E-state index in [1.165, 1.54) is 0 Å². The lowest BCUT2D eigenvalue weighted by molar-refractivity contribution is 0.466. The van der Waals surface area contributed by atoms with Crippen LogP contribution in [-0.2, 0) is 0 Å². The number of nitrogens with two attached hydrogens (primary N) is 1. The molecule has 0 bridgehead atoms. The van der Waals surface area contributed by atoms with E-state index in [1.807, 2.05) is 0 Å². The molecule has 1 rings (SSSR count). The molecule has 10 heavy (non-hydrogen) atoms. The minimum Gasteiger partial charge on any atom is -0.506 e. The van der Waals surface area contributed by atoms with Gasteiger partial charge in [-0.3, -0.25) is 0 Å². The molecule has 0 saturated carbocycles. The summed E-state index contributed by atoms with van der Waals surface area (Å²) in [4.78, 5) is 2.81. The number of aromatic amines is 1. The summed E-state index contributed by atoms with van der Waals surface area (Å²) in [5, 5.41) is 9.09. The van der Waals surface area contributed by atoms with Crippen molar-refractivity contribution in [1.82, 2.24) is 4.98 Å². The van der Waals surface area contributed by atoms with Gasteiger partial charge in [0, 0.05) is 6.20 Å². The highest BCUT2D eigenvalue weighted by molar-refractivity contribution is 5.30. The molecule has 54 valence electrons. The van der Waals surface area contributed by atoms with Crippen LogP contribution in [0, 0.1) is 0 Å². The molecule has 1 aromatic heterocycles. The molecule has 3 heteroatoms. The topological polar surface area (TPSA) is 62.0 Å². The van der Waals surface area contributed by atoms with Crippen molar-refractivity contribution in [3.63, 3.8) is 0 Å². The maximum Gasteiger partial charge on any atom is 0.138 e. The summed E-state index contributed by atoms with van der Waals surface area (Å²) in [6, 6.07) is 1.24. The van der Waals surface area contributed by atoms with Gasteiger partial charge in [-0.2, -0.15) is 0 Å². The van der Waals surface area contributed by atoms with Gasteiger partial charge in [0.05, 0.1) is 11.7 Å². The maximum atomic E-state index is 9.09. The first-order chi connectivity index (χ1) is 4.75. The lowest BCUT2D eigenvalue weighted by atomic mass is 10.2. The first-order valence-corrected chi connectivity index (χ1v) is 3.00. The van der Waals surface area contributed by atoms with Crippen LogP contribution >= 0.6 is 0 Å². The Morgan fingerprint density at radius 2 is 2.50 bits per heavy atom. The van der Waals surface area contributed by atoms with Crippen LogP contribution in [0.25, 0.3) is 0 Å². The van der Waals surface area contributed by atoms with E-state index in [1.54, 1.807) is 18.3 Å². The third-order valence-electron chi connectivity index (χ3n) is 1.34. The summed E-state index contributed by atoms with van der Waals surface area (Å²) in [5.74, 6) is 0.187. The van der Waals surface area contributed by atoms with Gasteiger partial charge < -0.3 is 15.8 Å².